The lowest BCUT2D eigenvalue weighted by Crippen LogP contribution is -2.42. The van der Waals surface area contributed by atoms with Crippen molar-refractivity contribution in [1.82, 2.24) is 9.62 Å². The Labute approximate surface area is 147 Å². The largest absolute Gasteiger partial charge is 0.495 e. The number of likely N-dealkylation sites (N-methyl/N-ethyl adjacent to an activating group) is 1. The molecule has 7 nitrogen and oxygen atoms in total. The molecule has 1 amide bonds. The van der Waals surface area contributed by atoms with Gasteiger partial charge in [-0.1, -0.05) is 6.92 Å². The molecule has 1 aliphatic heterocycles. The van der Waals surface area contributed by atoms with Crippen molar-refractivity contribution in [2.24, 2.45) is 0 Å². The summed E-state index contributed by atoms with van der Waals surface area (Å²) >= 11 is 0. The fourth-order valence-electron chi connectivity index (χ4n) is 2.61. The Morgan fingerprint density at radius 3 is 2.84 bits per heavy atom. The maximum absolute atomic E-state index is 13.5. The number of sulfonamides is 1. The number of nitrogens with one attached hydrogen (secondary N) is 1. The molecular formula is C16H23FN2O5S. The van der Waals surface area contributed by atoms with Crippen molar-refractivity contribution in [2.75, 3.05) is 33.4 Å². The molecule has 1 N–H and O–H groups in total. The molecule has 1 heterocycles. The van der Waals surface area contributed by atoms with Crippen molar-refractivity contribution in [2.45, 2.75) is 30.8 Å². The lowest BCUT2D eigenvalue weighted by atomic mass is 10.2. The second-order valence-electron chi connectivity index (χ2n) is 5.67. The number of benzene rings is 1. The smallest absolute Gasteiger partial charge is 0.247 e. The molecular weight excluding hydrogens is 351 g/mol. The number of halogens is 1. The Hall–Kier alpha value is -1.71. The average molecular weight is 374 g/mol. The minimum atomic E-state index is -4.07. The second-order valence-corrected chi connectivity index (χ2v) is 7.57. The first-order valence-corrected chi connectivity index (χ1v) is 9.54. The van der Waals surface area contributed by atoms with Crippen LogP contribution >= 0.6 is 0 Å². The molecule has 1 fully saturated rings. The summed E-state index contributed by atoms with van der Waals surface area (Å²) in [5.74, 6) is -1.10. The van der Waals surface area contributed by atoms with E-state index in [4.69, 9.17) is 9.47 Å². The fraction of sp³-hybridized carbons (Fsp3) is 0.562. The number of ether oxygens (including phenoxy) is 2. The minimum absolute atomic E-state index is 0.0274. The van der Waals surface area contributed by atoms with E-state index < -0.39 is 21.7 Å². The molecule has 1 aromatic carbocycles. The topological polar surface area (TPSA) is 84.9 Å². The van der Waals surface area contributed by atoms with E-state index in [1.54, 1.807) is 6.92 Å². The van der Waals surface area contributed by atoms with Gasteiger partial charge in [0.15, 0.2) is 0 Å². The van der Waals surface area contributed by atoms with Crippen molar-refractivity contribution in [3.05, 3.63) is 24.0 Å². The van der Waals surface area contributed by atoms with E-state index in [1.807, 2.05) is 0 Å². The van der Waals surface area contributed by atoms with Crippen LogP contribution in [0.25, 0.3) is 0 Å². The summed E-state index contributed by atoms with van der Waals surface area (Å²) in [6.45, 7) is 2.34. The molecule has 9 heteroatoms. The van der Waals surface area contributed by atoms with Gasteiger partial charge in [0.05, 0.1) is 19.8 Å². The highest BCUT2D eigenvalue weighted by Gasteiger charge is 2.29. The van der Waals surface area contributed by atoms with Crippen LogP contribution in [-0.2, 0) is 19.6 Å². The van der Waals surface area contributed by atoms with Gasteiger partial charge in [-0.3, -0.25) is 4.79 Å². The third-order valence-corrected chi connectivity index (χ3v) is 5.91. The van der Waals surface area contributed by atoms with E-state index in [1.165, 1.54) is 13.2 Å². The maximum Gasteiger partial charge on any atom is 0.247 e. The Morgan fingerprint density at radius 2 is 2.24 bits per heavy atom. The fourth-order valence-corrected chi connectivity index (χ4v) is 4.18. The highest BCUT2D eigenvalue weighted by Crippen LogP contribution is 2.27. The number of rotatable bonds is 8. The van der Waals surface area contributed by atoms with Gasteiger partial charge in [-0.25, -0.2) is 12.8 Å². The monoisotopic (exact) mass is 374 g/mol. The molecule has 1 aromatic rings. The molecule has 0 unspecified atom stereocenters. The third kappa shape index (κ3) is 4.90. The molecule has 0 aromatic heterocycles. The van der Waals surface area contributed by atoms with Gasteiger partial charge in [-0.15, -0.1) is 0 Å². The first-order valence-electron chi connectivity index (χ1n) is 8.10. The molecule has 1 saturated heterocycles. The van der Waals surface area contributed by atoms with Gasteiger partial charge in [0.1, 0.15) is 16.5 Å². The Kier molecular flexibility index (Phi) is 6.74. The van der Waals surface area contributed by atoms with E-state index in [0.717, 1.165) is 29.3 Å². The lowest BCUT2D eigenvalue weighted by Gasteiger charge is -2.21. The quantitative estimate of drug-likeness (QED) is 0.738. The van der Waals surface area contributed by atoms with Crippen molar-refractivity contribution in [1.29, 1.82) is 0 Å². The van der Waals surface area contributed by atoms with Gasteiger partial charge in [-0.2, -0.15) is 4.31 Å². The number of methoxy groups -OCH3 is 1. The standard InChI is InChI=1S/C16H23FN2O5S/c1-3-19(11-16(20)18-10-13-5-4-8-24-13)25(21,22)15-9-12(17)6-7-14(15)23-2/h6-7,9,13H,3-5,8,10-11H2,1-2H3,(H,18,20)/t13-/m1/s1. The molecule has 0 spiro atoms. The van der Waals surface area contributed by atoms with Gasteiger partial charge in [0.25, 0.3) is 0 Å². The Bertz CT molecular complexity index is 704. The van der Waals surface area contributed by atoms with Gasteiger partial charge < -0.3 is 14.8 Å². The third-order valence-electron chi connectivity index (χ3n) is 3.97. The molecule has 1 atom stereocenters. The van der Waals surface area contributed by atoms with Crippen LogP contribution in [0.15, 0.2) is 23.1 Å². The highest BCUT2D eigenvalue weighted by molar-refractivity contribution is 7.89. The molecule has 1 aliphatic rings. The van der Waals surface area contributed by atoms with Crippen LogP contribution in [0.2, 0.25) is 0 Å². The van der Waals surface area contributed by atoms with Gasteiger partial charge >= 0.3 is 0 Å². The zero-order valence-electron chi connectivity index (χ0n) is 14.3. The molecule has 0 radical (unpaired) electrons. The number of nitrogens with zero attached hydrogens (tertiary/aromatic N) is 1. The summed E-state index contributed by atoms with van der Waals surface area (Å²) in [7, 11) is -2.77. The van der Waals surface area contributed by atoms with Gasteiger partial charge in [0.2, 0.25) is 15.9 Å². The van der Waals surface area contributed by atoms with Gasteiger partial charge in [0, 0.05) is 19.7 Å². The van der Waals surface area contributed by atoms with Crippen LogP contribution < -0.4 is 10.1 Å². The number of carbonyl (C=O) groups excluding carboxylic acids is 1. The molecule has 25 heavy (non-hydrogen) atoms. The van der Waals surface area contributed by atoms with Crippen LogP contribution in [0, 0.1) is 5.82 Å². The van der Waals surface area contributed by atoms with Crippen LogP contribution in [0.4, 0.5) is 4.39 Å². The van der Waals surface area contributed by atoms with E-state index in [0.29, 0.717) is 13.2 Å². The Balaban J connectivity index is 2.09. The van der Waals surface area contributed by atoms with Crippen LogP contribution in [-0.4, -0.2) is 58.1 Å². The minimum Gasteiger partial charge on any atom is -0.495 e. The number of hydrogen-bond acceptors (Lipinski definition) is 5. The summed E-state index contributed by atoms with van der Waals surface area (Å²) < 4.78 is 50.4. The van der Waals surface area contributed by atoms with E-state index in [2.05, 4.69) is 5.32 Å². The SMILES string of the molecule is CCN(CC(=O)NC[C@H]1CCCO1)S(=O)(=O)c1cc(F)ccc1OC. The van der Waals surface area contributed by atoms with Gasteiger partial charge in [-0.05, 0) is 31.0 Å². The summed E-state index contributed by atoms with van der Waals surface area (Å²) in [5, 5.41) is 2.68. The summed E-state index contributed by atoms with van der Waals surface area (Å²) in [5.41, 5.74) is 0. The summed E-state index contributed by atoms with van der Waals surface area (Å²) in [6, 6.07) is 3.25. The molecule has 140 valence electrons. The first-order chi connectivity index (χ1) is 11.9. The van der Waals surface area contributed by atoms with E-state index >= 15 is 0 Å². The van der Waals surface area contributed by atoms with Crippen molar-refractivity contribution in [3.63, 3.8) is 0 Å². The van der Waals surface area contributed by atoms with Crippen LogP contribution in [0.5, 0.6) is 5.75 Å². The maximum atomic E-state index is 13.5. The summed E-state index contributed by atoms with van der Waals surface area (Å²) in [4.78, 5) is 11.8. The van der Waals surface area contributed by atoms with Crippen molar-refractivity contribution < 1.29 is 27.1 Å². The molecule has 0 saturated carbocycles. The summed E-state index contributed by atoms with van der Waals surface area (Å²) in [6.07, 6.45) is 1.80. The highest BCUT2D eigenvalue weighted by atomic mass is 32.2. The number of amides is 1. The normalized spacial score (nSPS) is 17.7. The van der Waals surface area contributed by atoms with Crippen LogP contribution in [0.1, 0.15) is 19.8 Å². The Morgan fingerprint density at radius 1 is 1.48 bits per heavy atom. The molecule has 0 bridgehead atoms. The predicted molar refractivity (Wildman–Crippen MR) is 89.4 cm³/mol. The second kappa shape index (κ2) is 8.59. The molecule has 0 aliphatic carbocycles. The zero-order chi connectivity index (χ0) is 18.4. The van der Waals surface area contributed by atoms with Crippen molar-refractivity contribution in [3.8, 4) is 5.75 Å². The molecule has 2 rings (SSSR count). The van der Waals surface area contributed by atoms with E-state index in [9.17, 15) is 17.6 Å². The predicted octanol–water partition coefficient (Wildman–Crippen LogP) is 1.14. The first kappa shape index (κ1) is 19.6. The average Bonchev–Trinajstić information content (AvgIpc) is 3.11. The van der Waals surface area contributed by atoms with E-state index in [-0.39, 0.29) is 29.8 Å². The van der Waals surface area contributed by atoms with Crippen molar-refractivity contribution >= 4 is 15.9 Å². The number of carbonyl (C=O) groups is 1. The zero-order valence-corrected chi connectivity index (χ0v) is 15.1. The lowest BCUT2D eigenvalue weighted by molar-refractivity contribution is -0.121. The number of hydrogen-bond donors (Lipinski definition) is 1. The van der Waals surface area contributed by atoms with Crippen LogP contribution in [0.3, 0.4) is 0 Å².